The van der Waals surface area contributed by atoms with Crippen molar-refractivity contribution in [1.82, 2.24) is 24.8 Å². The number of pyridine rings is 3. The second-order valence-corrected chi connectivity index (χ2v) is 10.4. The summed E-state index contributed by atoms with van der Waals surface area (Å²) in [5.41, 5.74) is 2.95. The molecule has 3 aromatic heterocycles. The fraction of sp³-hybridized carbons (Fsp3) is 0.407. The maximum Gasteiger partial charge on any atom is 0.324 e. The molecule has 0 bridgehead atoms. The molecule has 198 valence electrons. The third-order valence-electron chi connectivity index (χ3n) is 6.95. The van der Waals surface area contributed by atoms with Crippen LogP contribution in [-0.4, -0.2) is 79.5 Å². The normalized spacial score (nSPS) is 16.6. The van der Waals surface area contributed by atoms with Crippen molar-refractivity contribution in [2.45, 2.75) is 51.8 Å². The van der Waals surface area contributed by atoms with Crippen LogP contribution in [0.5, 0.6) is 0 Å². The zero-order valence-corrected chi connectivity index (χ0v) is 21.9. The molecule has 0 saturated carbocycles. The molecule has 5 rings (SSSR count). The van der Waals surface area contributed by atoms with E-state index in [0.29, 0.717) is 55.0 Å². The van der Waals surface area contributed by atoms with Crippen molar-refractivity contribution in [3.63, 3.8) is 0 Å². The quantitative estimate of drug-likeness (QED) is 0.544. The van der Waals surface area contributed by atoms with Gasteiger partial charge in [0.05, 0.1) is 23.4 Å². The van der Waals surface area contributed by atoms with Crippen LogP contribution in [0.3, 0.4) is 0 Å². The van der Waals surface area contributed by atoms with Gasteiger partial charge in [-0.25, -0.2) is 14.8 Å². The maximum atomic E-state index is 13.5. The molecule has 3 aromatic rings. The molecular formula is C27H31N7O4. The van der Waals surface area contributed by atoms with Gasteiger partial charge in [-0.1, -0.05) is 0 Å². The van der Waals surface area contributed by atoms with Gasteiger partial charge in [0, 0.05) is 56.6 Å². The van der Waals surface area contributed by atoms with Gasteiger partial charge in [-0.3, -0.25) is 19.5 Å². The highest BCUT2D eigenvalue weighted by molar-refractivity contribution is 6.04. The molecule has 0 spiro atoms. The predicted molar refractivity (Wildman–Crippen MR) is 142 cm³/mol. The lowest BCUT2D eigenvalue weighted by Gasteiger charge is -2.43. The van der Waals surface area contributed by atoms with Crippen molar-refractivity contribution >= 4 is 40.4 Å². The van der Waals surface area contributed by atoms with Crippen LogP contribution in [0, 0.1) is 0 Å². The molecule has 0 aliphatic carbocycles. The molecular weight excluding hydrogens is 486 g/mol. The van der Waals surface area contributed by atoms with Gasteiger partial charge in [0.1, 0.15) is 16.9 Å². The third-order valence-corrected chi connectivity index (χ3v) is 6.95. The van der Waals surface area contributed by atoms with Crippen molar-refractivity contribution in [3.05, 3.63) is 42.2 Å². The van der Waals surface area contributed by atoms with Crippen molar-refractivity contribution in [1.29, 1.82) is 0 Å². The summed E-state index contributed by atoms with van der Waals surface area (Å²) in [6.07, 6.45) is 4.61. The minimum atomic E-state index is -1.43. The Morgan fingerprint density at radius 2 is 1.82 bits per heavy atom. The Morgan fingerprint density at radius 3 is 2.45 bits per heavy atom. The number of amides is 4. The van der Waals surface area contributed by atoms with Gasteiger partial charge < -0.3 is 20.2 Å². The summed E-state index contributed by atoms with van der Waals surface area (Å²) >= 11 is 0. The van der Waals surface area contributed by atoms with E-state index in [1.54, 1.807) is 35.3 Å². The lowest BCUT2D eigenvalue weighted by molar-refractivity contribution is -0.148. The van der Waals surface area contributed by atoms with E-state index in [4.69, 9.17) is 4.98 Å². The van der Waals surface area contributed by atoms with E-state index < -0.39 is 5.60 Å². The second kappa shape index (κ2) is 9.64. The van der Waals surface area contributed by atoms with Crippen molar-refractivity contribution in [3.8, 4) is 11.3 Å². The average molecular weight is 518 g/mol. The Hall–Kier alpha value is -4.12. The molecule has 1 fully saturated rings. The van der Waals surface area contributed by atoms with E-state index in [2.05, 4.69) is 15.3 Å². The Morgan fingerprint density at radius 1 is 1.08 bits per heavy atom. The Labute approximate surface area is 220 Å². The summed E-state index contributed by atoms with van der Waals surface area (Å²) in [7, 11) is 1.77. The molecule has 0 aromatic carbocycles. The molecule has 0 unspecified atom stereocenters. The number of fused-ring (bicyclic) bond motifs is 3. The first-order valence-corrected chi connectivity index (χ1v) is 12.6. The number of nitrogens with zero attached hydrogens (tertiary/aromatic N) is 6. The number of aliphatic hydroxyl groups is 1. The number of aromatic nitrogens is 3. The highest BCUT2D eigenvalue weighted by Crippen LogP contribution is 2.38. The van der Waals surface area contributed by atoms with Gasteiger partial charge in [-0.15, -0.1) is 0 Å². The second-order valence-electron chi connectivity index (χ2n) is 10.4. The Balaban J connectivity index is 1.51. The summed E-state index contributed by atoms with van der Waals surface area (Å²) in [6, 6.07) is 7.04. The molecule has 2 aliphatic heterocycles. The Kier molecular flexibility index (Phi) is 6.47. The van der Waals surface area contributed by atoms with E-state index in [9.17, 15) is 19.5 Å². The molecule has 11 nitrogen and oxygen atoms in total. The SMILES string of the molecule is CC(=O)Nc1ccc(-c2ccc3ncc4c(c3n2)N(C2CCN(C(=O)C(C)(C)O)CC2)C(=O)N(C)C4)cn1. The zero-order chi connectivity index (χ0) is 27.2. The van der Waals surface area contributed by atoms with Crippen LogP contribution in [0.15, 0.2) is 36.7 Å². The van der Waals surface area contributed by atoms with E-state index >= 15 is 0 Å². The van der Waals surface area contributed by atoms with Gasteiger partial charge in [0.25, 0.3) is 5.91 Å². The van der Waals surface area contributed by atoms with Crippen molar-refractivity contribution in [2.75, 3.05) is 30.4 Å². The fourth-order valence-electron chi connectivity index (χ4n) is 5.09. The number of likely N-dealkylation sites (tertiary alicyclic amines) is 1. The van der Waals surface area contributed by atoms with Gasteiger partial charge in [0.2, 0.25) is 5.91 Å². The smallest absolute Gasteiger partial charge is 0.324 e. The summed E-state index contributed by atoms with van der Waals surface area (Å²) in [4.78, 5) is 56.4. The number of nitrogens with one attached hydrogen (secondary N) is 1. The zero-order valence-electron chi connectivity index (χ0n) is 21.9. The van der Waals surface area contributed by atoms with E-state index in [1.807, 2.05) is 23.1 Å². The molecule has 4 amide bonds. The lowest BCUT2D eigenvalue weighted by Crippen LogP contribution is -2.56. The maximum absolute atomic E-state index is 13.5. The number of piperidine rings is 1. The number of carbonyl (C=O) groups is 3. The summed E-state index contributed by atoms with van der Waals surface area (Å²) in [6.45, 7) is 5.73. The Bertz CT molecular complexity index is 1410. The summed E-state index contributed by atoms with van der Waals surface area (Å²) in [5.74, 6) is -0.0513. The average Bonchev–Trinajstić information content (AvgIpc) is 2.88. The van der Waals surface area contributed by atoms with Crippen LogP contribution < -0.4 is 10.2 Å². The number of anilines is 2. The first kappa shape index (κ1) is 25.5. The summed E-state index contributed by atoms with van der Waals surface area (Å²) < 4.78 is 0. The predicted octanol–water partition coefficient (Wildman–Crippen LogP) is 2.78. The number of carbonyl (C=O) groups excluding carboxylic acids is 3. The number of rotatable bonds is 4. The van der Waals surface area contributed by atoms with Gasteiger partial charge in [-0.2, -0.15) is 0 Å². The molecule has 5 heterocycles. The third kappa shape index (κ3) is 4.76. The minimum Gasteiger partial charge on any atom is -0.381 e. The molecule has 11 heteroatoms. The number of urea groups is 1. The minimum absolute atomic E-state index is 0.120. The summed E-state index contributed by atoms with van der Waals surface area (Å²) in [5, 5.41) is 12.8. The van der Waals surface area contributed by atoms with Gasteiger partial charge in [0.15, 0.2) is 0 Å². The van der Waals surface area contributed by atoms with Crippen LogP contribution in [0.2, 0.25) is 0 Å². The molecule has 38 heavy (non-hydrogen) atoms. The van der Waals surface area contributed by atoms with E-state index in [0.717, 1.165) is 16.8 Å². The monoisotopic (exact) mass is 517 g/mol. The van der Waals surface area contributed by atoms with Gasteiger partial charge in [-0.05, 0) is 51.0 Å². The van der Waals surface area contributed by atoms with E-state index in [1.165, 1.54) is 20.8 Å². The molecule has 2 aliphatic rings. The van der Waals surface area contributed by atoms with Crippen molar-refractivity contribution in [2.24, 2.45) is 0 Å². The number of hydrogen-bond acceptors (Lipinski definition) is 7. The van der Waals surface area contributed by atoms with Gasteiger partial charge >= 0.3 is 6.03 Å². The van der Waals surface area contributed by atoms with Crippen LogP contribution in [0.4, 0.5) is 16.3 Å². The van der Waals surface area contributed by atoms with Crippen LogP contribution in [0.25, 0.3) is 22.3 Å². The standard InChI is InChI=1S/C27H31N7O4/c1-16(35)30-22-8-5-17(13-29-22)20-6-7-21-23(31-20)24-18(14-28-21)15-32(4)26(37)34(24)19-9-11-33(12-10-19)25(36)27(2,3)38/h5-8,13-14,19,38H,9-12,15H2,1-4H3,(H,29,30,35). The molecule has 0 radical (unpaired) electrons. The highest BCUT2D eigenvalue weighted by atomic mass is 16.3. The topological polar surface area (TPSA) is 132 Å². The van der Waals surface area contributed by atoms with Crippen LogP contribution in [-0.2, 0) is 16.1 Å². The van der Waals surface area contributed by atoms with Crippen molar-refractivity contribution < 1.29 is 19.5 Å². The lowest BCUT2D eigenvalue weighted by atomic mass is 9.98. The molecule has 0 atom stereocenters. The number of hydrogen-bond donors (Lipinski definition) is 2. The first-order valence-electron chi connectivity index (χ1n) is 12.6. The fourth-order valence-corrected chi connectivity index (χ4v) is 5.09. The molecule has 1 saturated heterocycles. The molecule has 2 N–H and O–H groups in total. The first-order chi connectivity index (χ1) is 18.0. The van der Waals surface area contributed by atoms with Crippen LogP contribution >= 0.6 is 0 Å². The van der Waals surface area contributed by atoms with Crippen LogP contribution in [0.1, 0.15) is 39.2 Å². The van der Waals surface area contributed by atoms with E-state index in [-0.39, 0.29) is 23.9 Å². The largest absolute Gasteiger partial charge is 0.381 e. The highest BCUT2D eigenvalue weighted by Gasteiger charge is 2.39.